The predicted octanol–water partition coefficient (Wildman–Crippen LogP) is 3.98. The van der Waals surface area contributed by atoms with Crippen molar-refractivity contribution in [3.63, 3.8) is 0 Å². The van der Waals surface area contributed by atoms with Crippen LogP contribution in [0.25, 0.3) is 0 Å². The average Bonchev–Trinajstić information content (AvgIpc) is 2.43. The molecule has 0 radical (unpaired) electrons. The first-order valence-corrected chi connectivity index (χ1v) is 7.80. The first kappa shape index (κ1) is 16.3. The number of carbonyl (C=O) groups excluding carboxylic acids is 1. The number of alkyl halides is 1. The van der Waals surface area contributed by atoms with Gasteiger partial charge in [0, 0.05) is 16.9 Å². The normalized spacial score (nSPS) is 11.4. The van der Waals surface area contributed by atoms with E-state index < -0.39 is 0 Å². The summed E-state index contributed by atoms with van der Waals surface area (Å²) >= 11 is 9.34. The monoisotopic (exact) mass is 347 g/mol. The average molecular weight is 349 g/mol. The number of aromatic hydroxyl groups is 1. The Morgan fingerprint density at radius 1 is 1.42 bits per heavy atom. The number of phenols is 1. The minimum absolute atomic E-state index is 0.0455. The van der Waals surface area contributed by atoms with Crippen molar-refractivity contribution in [1.29, 1.82) is 0 Å². The fraction of sp³-hybridized carbons (Fsp3) is 0.500. The summed E-state index contributed by atoms with van der Waals surface area (Å²) in [6, 6.07) is 4.45. The molecule has 106 valence electrons. The Labute approximate surface area is 127 Å². The third-order valence-electron chi connectivity index (χ3n) is 3.61. The summed E-state index contributed by atoms with van der Waals surface area (Å²) in [5.41, 5.74) is 0.257. The number of amides is 1. The minimum Gasteiger partial charge on any atom is -0.507 e. The number of rotatable bonds is 6. The van der Waals surface area contributed by atoms with E-state index in [2.05, 4.69) is 35.1 Å². The third kappa shape index (κ3) is 4.11. The lowest BCUT2D eigenvalue weighted by molar-refractivity contribution is 0.0929. The zero-order valence-electron chi connectivity index (χ0n) is 11.2. The molecule has 0 aliphatic carbocycles. The predicted molar refractivity (Wildman–Crippen MR) is 82.3 cm³/mol. The maximum atomic E-state index is 12.1. The molecule has 1 rings (SSSR count). The van der Waals surface area contributed by atoms with Gasteiger partial charge in [0.15, 0.2) is 0 Å². The van der Waals surface area contributed by atoms with E-state index in [4.69, 9.17) is 11.6 Å². The van der Waals surface area contributed by atoms with Gasteiger partial charge in [-0.3, -0.25) is 4.79 Å². The lowest BCUT2D eigenvalue weighted by Gasteiger charge is -2.29. The number of hydrogen-bond acceptors (Lipinski definition) is 2. The van der Waals surface area contributed by atoms with Crippen molar-refractivity contribution in [1.82, 2.24) is 5.32 Å². The lowest BCUT2D eigenvalue weighted by atomic mass is 9.84. The molecule has 1 amide bonds. The van der Waals surface area contributed by atoms with Crippen molar-refractivity contribution in [3.05, 3.63) is 28.8 Å². The van der Waals surface area contributed by atoms with Crippen molar-refractivity contribution in [2.45, 2.75) is 26.7 Å². The Morgan fingerprint density at radius 3 is 2.58 bits per heavy atom. The Hall–Kier alpha value is -0.740. The molecule has 1 aromatic rings. The Morgan fingerprint density at radius 2 is 2.05 bits per heavy atom. The molecule has 0 aliphatic rings. The van der Waals surface area contributed by atoms with E-state index in [0.29, 0.717) is 11.6 Å². The van der Waals surface area contributed by atoms with Crippen LogP contribution < -0.4 is 5.32 Å². The molecule has 3 nitrogen and oxygen atoms in total. The fourth-order valence-corrected chi connectivity index (χ4v) is 2.95. The second kappa shape index (κ2) is 7.15. The van der Waals surface area contributed by atoms with Crippen LogP contribution in [0.2, 0.25) is 5.02 Å². The number of phenolic OH excluding ortho intramolecular Hbond substituents is 1. The molecule has 0 saturated carbocycles. The highest BCUT2D eigenvalue weighted by atomic mass is 79.9. The molecule has 0 atom stereocenters. The van der Waals surface area contributed by atoms with Crippen molar-refractivity contribution >= 4 is 33.4 Å². The fourth-order valence-electron chi connectivity index (χ4n) is 1.79. The minimum atomic E-state index is -0.299. The van der Waals surface area contributed by atoms with Crippen molar-refractivity contribution in [2.24, 2.45) is 5.41 Å². The molecule has 0 saturated heterocycles. The Bertz CT molecular complexity index is 439. The van der Waals surface area contributed by atoms with E-state index in [1.54, 1.807) is 6.07 Å². The number of halogens is 2. The summed E-state index contributed by atoms with van der Waals surface area (Å²) in [5.74, 6) is -0.355. The van der Waals surface area contributed by atoms with Gasteiger partial charge in [-0.25, -0.2) is 0 Å². The second-order valence-electron chi connectivity index (χ2n) is 4.68. The smallest absolute Gasteiger partial charge is 0.255 e. The van der Waals surface area contributed by atoms with Crippen LogP contribution in [0.4, 0.5) is 0 Å². The van der Waals surface area contributed by atoms with E-state index >= 15 is 0 Å². The van der Waals surface area contributed by atoms with Crippen LogP contribution in [0.1, 0.15) is 37.0 Å². The van der Waals surface area contributed by atoms with Gasteiger partial charge in [-0.15, -0.1) is 0 Å². The summed E-state index contributed by atoms with van der Waals surface area (Å²) in [6.07, 6.45) is 1.94. The van der Waals surface area contributed by atoms with Crippen molar-refractivity contribution < 1.29 is 9.90 Å². The molecule has 0 bridgehead atoms. The molecule has 1 aromatic carbocycles. The van der Waals surface area contributed by atoms with Gasteiger partial charge >= 0.3 is 0 Å². The first-order chi connectivity index (χ1) is 8.98. The van der Waals surface area contributed by atoms with E-state index in [1.165, 1.54) is 12.1 Å². The van der Waals surface area contributed by atoms with Gasteiger partial charge in [-0.1, -0.05) is 41.4 Å². The number of carbonyl (C=O) groups is 1. The van der Waals surface area contributed by atoms with Gasteiger partial charge in [0.2, 0.25) is 0 Å². The maximum Gasteiger partial charge on any atom is 0.255 e. The van der Waals surface area contributed by atoms with Crippen LogP contribution in [0.5, 0.6) is 5.75 Å². The standard InChI is InChI=1S/C14H19BrClNO2/c1-3-14(4-2,8-15)9-17-13(19)11-7-10(16)5-6-12(11)18/h5-7,18H,3-4,8-9H2,1-2H3,(H,17,19). The highest BCUT2D eigenvalue weighted by Crippen LogP contribution is 2.28. The van der Waals surface area contributed by atoms with Crippen LogP contribution in [0, 0.1) is 5.41 Å². The first-order valence-electron chi connectivity index (χ1n) is 6.30. The molecular weight excluding hydrogens is 330 g/mol. The largest absolute Gasteiger partial charge is 0.507 e. The third-order valence-corrected chi connectivity index (χ3v) is 5.04. The molecule has 0 aliphatic heterocycles. The number of hydrogen-bond donors (Lipinski definition) is 2. The van der Waals surface area contributed by atoms with Gasteiger partial charge < -0.3 is 10.4 Å². The van der Waals surface area contributed by atoms with Gasteiger partial charge in [0.25, 0.3) is 5.91 Å². The van der Waals surface area contributed by atoms with Gasteiger partial charge in [-0.2, -0.15) is 0 Å². The van der Waals surface area contributed by atoms with Gasteiger partial charge in [-0.05, 0) is 36.5 Å². The molecular formula is C14H19BrClNO2. The van der Waals surface area contributed by atoms with Crippen molar-refractivity contribution in [3.8, 4) is 5.75 Å². The molecule has 5 heteroatoms. The Kier molecular flexibility index (Phi) is 6.14. The van der Waals surface area contributed by atoms with Crippen LogP contribution in [-0.2, 0) is 0 Å². The second-order valence-corrected chi connectivity index (χ2v) is 5.68. The summed E-state index contributed by atoms with van der Waals surface area (Å²) in [4.78, 5) is 12.1. The lowest BCUT2D eigenvalue weighted by Crippen LogP contribution is -2.38. The van der Waals surface area contributed by atoms with Crippen LogP contribution >= 0.6 is 27.5 Å². The highest BCUT2D eigenvalue weighted by Gasteiger charge is 2.26. The summed E-state index contributed by atoms with van der Waals surface area (Å²) in [7, 11) is 0. The summed E-state index contributed by atoms with van der Waals surface area (Å²) in [6.45, 7) is 4.78. The zero-order chi connectivity index (χ0) is 14.5. The van der Waals surface area contributed by atoms with E-state index in [1.807, 2.05) is 0 Å². The highest BCUT2D eigenvalue weighted by molar-refractivity contribution is 9.09. The summed E-state index contributed by atoms with van der Waals surface area (Å²) < 4.78 is 0. The maximum absolute atomic E-state index is 12.1. The van der Waals surface area contributed by atoms with E-state index in [-0.39, 0.29) is 22.6 Å². The van der Waals surface area contributed by atoms with E-state index in [0.717, 1.165) is 18.2 Å². The Balaban J connectivity index is 2.77. The molecule has 2 N–H and O–H groups in total. The van der Waals surface area contributed by atoms with Gasteiger partial charge in [0.05, 0.1) is 5.56 Å². The zero-order valence-corrected chi connectivity index (χ0v) is 13.5. The quantitative estimate of drug-likeness (QED) is 0.764. The number of nitrogens with one attached hydrogen (secondary N) is 1. The van der Waals surface area contributed by atoms with Crippen LogP contribution in [0.3, 0.4) is 0 Å². The summed E-state index contributed by atoms with van der Waals surface area (Å²) in [5, 5.41) is 13.8. The van der Waals surface area contributed by atoms with Crippen LogP contribution in [0.15, 0.2) is 18.2 Å². The van der Waals surface area contributed by atoms with Crippen molar-refractivity contribution in [2.75, 3.05) is 11.9 Å². The number of benzene rings is 1. The molecule has 0 heterocycles. The van der Waals surface area contributed by atoms with E-state index in [9.17, 15) is 9.90 Å². The molecule has 19 heavy (non-hydrogen) atoms. The molecule has 0 unspecified atom stereocenters. The van der Waals surface area contributed by atoms with Crippen LogP contribution in [-0.4, -0.2) is 22.9 Å². The topological polar surface area (TPSA) is 49.3 Å². The van der Waals surface area contributed by atoms with Gasteiger partial charge in [0.1, 0.15) is 5.75 Å². The molecule has 0 spiro atoms. The SMILES string of the molecule is CCC(CC)(CBr)CNC(=O)c1cc(Cl)ccc1O. The molecule has 0 fully saturated rings. The molecule has 0 aromatic heterocycles.